The fraction of sp³-hybridized carbons (Fsp3) is 0.467. The number of ether oxygens (including phenoxy) is 5. The van der Waals surface area contributed by atoms with Crippen molar-refractivity contribution >= 4 is 23.2 Å². The zero-order valence-electron chi connectivity index (χ0n) is 35.1. The second-order valence-corrected chi connectivity index (χ2v) is 15.5. The van der Waals surface area contributed by atoms with Crippen molar-refractivity contribution in [3.8, 4) is 23.0 Å². The summed E-state index contributed by atoms with van der Waals surface area (Å²) < 4.78 is 32.0. The number of rotatable bonds is 23. The Morgan fingerprint density at radius 2 is 1.63 bits per heavy atom. The van der Waals surface area contributed by atoms with Gasteiger partial charge >= 0.3 is 6.09 Å². The number of benzene rings is 3. The van der Waals surface area contributed by atoms with E-state index in [2.05, 4.69) is 17.8 Å². The van der Waals surface area contributed by atoms with E-state index >= 15 is 0 Å². The van der Waals surface area contributed by atoms with Crippen molar-refractivity contribution < 1.29 is 58.5 Å². The van der Waals surface area contributed by atoms with Gasteiger partial charge in [0.2, 0.25) is 5.79 Å². The minimum absolute atomic E-state index is 0.000219. The van der Waals surface area contributed by atoms with Gasteiger partial charge in [-0.25, -0.2) is 4.79 Å². The third-order valence-corrected chi connectivity index (χ3v) is 11.7. The van der Waals surface area contributed by atoms with Gasteiger partial charge in [0.1, 0.15) is 36.1 Å². The molecule has 338 valence electrons. The number of carbonyl (C=O) groups is 1. The van der Waals surface area contributed by atoms with E-state index in [1.807, 2.05) is 6.07 Å². The van der Waals surface area contributed by atoms with Gasteiger partial charge in [-0.2, -0.15) is 0 Å². The molecule has 6 rings (SSSR count). The largest absolute Gasteiger partial charge is 0.459 e. The fourth-order valence-corrected chi connectivity index (χ4v) is 9.12. The SMILES string of the molecule is C=CCO[C@@]12Oc3ccc(Oc4cccc([N+](=O)[O-])c4)cc3[C@H]3[C@H](CCCCO)[C@@H](CCCCO)C=C(C(=NOC)C[C@@H]1N(CCOCCO)C(=O)Oc1ccc([N+](=O)[O-])cc1)[C@H]32. The van der Waals surface area contributed by atoms with Crippen LogP contribution in [0.4, 0.5) is 16.2 Å². The van der Waals surface area contributed by atoms with E-state index in [-0.39, 0.29) is 87.3 Å². The minimum atomic E-state index is -1.65. The lowest BCUT2D eigenvalue weighted by Gasteiger charge is -2.59. The van der Waals surface area contributed by atoms with Crippen molar-refractivity contribution in [2.75, 3.05) is 53.3 Å². The van der Waals surface area contributed by atoms with E-state index in [0.29, 0.717) is 42.9 Å². The summed E-state index contributed by atoms with van der Waals surface area (Å²) in [6.45, 7) is 3.62. The second-order valence-electron chi connectivity index (χ2n) is 15.5. The topological polar surface area (TPSA) is 235 Å². The molecule has 1 saturated carbocycles. The summed E-state index contributed by atoms with van der Waals surface area (Å²) in [4.78, 5) is 43.5. The summed E-state index contributed by atoms with van der Waals surface area (Å²) in [6, 6.07) is 15.3. The summed E-state index contributed by atoms with van der Waals surface area (Å²) in [5, 5.41) is 56.8. The molecule has 18 heteroatoms. The zero-order valence-corrected chi connectivity index (χ0v) is 35.1. The summed E-state index contributed by atoms with van der Waals surface area (Å²) >= 11 is 0. The molecule has 0 bridgehead atoms. The number of nitro benzene ring substituents is 2. The molecule has 1 aliphatic heterocycles. The van der Waals surface area contributed by atoms with Crippen LogP contribution in [0.3, 0.4) is 0 Å². The molecule has 0 radical (unpaired) electrons. The van der Waals surface area contributed by atoms with Gasteiger partial charge in [0.15, 0.2) is 0 Å². The number of unbranched alkanes of at least 4 members (excludes halogenated alkanes) is 2. The molecule has 0 unspecified atom stereocenters. The molecule has 63 heavy (non-hydrogen) atoms. The second kappa shape index (κ2) is 21.9. The minimum Gasteiger partial charge on any atom is -0.459 e. The van der Waals surface area contributed by atoms with Crippen molar-refractivity contribution in [1.82, 2.24) is 4.90 Å². The van der Waals surface area contributed by atoms with Crippen LogP contribution in [-0.2, 0) is 14.3 Å². The fourth-order valence-electron chi connectivity index (χ4n) is 9.12. The number of non-ortho nitro benzene ring substituents is 2. The Morgan fingerprint density at radius 3 is 2.32 bits per heavy atom. The summed E-state index contributed by atoms with van der Waals surface area (Å²) in [5.74, 6) is -1.76. The predicted molar refractivity (Wildman–Crippen MR) is 229 cm³/mol. The van der Waals surface area contributed by atoms with Gasteiger partial charge in [-0.1, -0.05) is 36.2 Å². The number of carbonyl (C=O) groups excluding carboxylic acids is 1. The van der Waals surface area contributed by atoms with Crippen LogP contribution in [0.5, 0.6) is 23.0 Å². The highest BCUT2D eigenvalue weighted by atomic mass is 16.7. The number of hydrogen-bond acceptors (Lipinski definition) is 15. The number of hydrogen-bond donors (Lipinski definition) is 3. The summed E-state index contributed by atoms with van der Waals surface area (Å²) in [5.41, 5.74) is 1.75. The predicted octanol–water partition coefficient (Wildman–Crippen LogP) is 7.07. The normalized spacial score (nSPS) is 22.8. The molecular formula is C45H54N4O14. The van der Waals surface area contributed by atoms with Crippen LogP contribution in [0.2, 0.25) is 0 Å². The van der Waals surface area contributed by atoms with E-state index in [1.54, 1.807) is 30.3 Å². The molecule has 1 amide bonds. The molecule has 2 aliphatic carbocycles. The van der Waals surface area contributed by atoms with E-state index in [1.165, 1.54) is 48.4 Å². The molecule has 0 aromatic heterocycles. The van der Waals surface area contributed by atoms with Crippen molar-refractivity contribution in [1.29, 1.82) is 0 Å². The molecule has 1 fully saturated rings. The Labute approximate surface area is 364 Å². The van der Waals surface area contributed by atoms with Crippen LogP contribution < -0.4 is 14.2 Å². The van der Waals surface area contributed by atoms with Crippen LogP contribution >= 0.6 is 0 Å². The third kappa shape index (κ3) is 10.7. The average Bonchev–Trinajstić information content (AvgIpc) is 3.27. The Kier molecular flexibility index (Phi) is 16.2. The maximum Gasteiger partial charge on any atom is 0.415 e. The van der Waals surface area contributed by atoms with Crippen LogP contribution in [0.25, 0.3) is 0 Å². The van der Waals surface area contributed by atoms with Crippen molar-refractivity contribution in [3.63, 3.8) is 0 Å². The molecular weight excluding hydrogens is 821 g/mol. The zero-order chi connectivity index (χ0) is 44.9. The highest BCUT2D eigenvalue weighted by Crippen LogP contribution is 2.62. The Bertz CT molecular complexity index is 2130. The number of fused-ring (bicyclic) bond motifs is 2. The number of nitrogens with zero attached hydrogens (tertiary/aromatic N) is 4. The monoisotopic (exact) mass is 874 g/mol. The van der Waals surface area contributed by atoms with E-state index in [0.717, 1.165) is 24.0 Å². The number of aliphatic hydroxyl groups excluding tert-OH is 3. The van der Waals surface area contributed by atoms with Gasteiger partial charge < -0.3 is 43.8 Å². The number of oxime groups is 1. The smallest absolute Gasteiger partial charge is 0.415 e. The lowest BCUT2D eigenvalue weighted by Crippen LogP contribution is -2.70. The van der Waals surface area contributed by atoms with Gasteiger partial charge in [-0.3, -0.25) is 25.1 Å². The number of amides is 1. The van der Waals surface area contributed by atoms with Crippen molar-refractivity contribution in [2.45, 2.75) is 62.7 Å². The van der Waals surface area contributed by atoms with E-state index in [4.69, 9.17) is 28.5 Å². The number of aliphatic hydroxyl groups is 3. The van der Waals surface area contributed by atoms with Crippen LogP contribution in [0, 0.1) is 38.0 Å². The van der Waals surface area contributed by atoms with Crippen LogP contribution in [-0.4, -0.2) is 107 Å². The molecule has 1 heterocycles. The van der Waals surface area contributed by atoms with Crippen molar-refractivity contribution in [3.05, 3.63) is 117 Å². The quantitative estimate of drug-likeness (QED) is 0.0374. The Morgan fingerprint density at radius 1 is 0.921 bits per heavy atom. The molecule has 3 aromatic rings. The standard InChI is InChI=1S/C45H54N4O14/c1-3-23-60-45-41(47(19-24-59-25-22-52)44(53)62-33-15-13-31(14-16-33)48(54)55)29-39(46-58-2)37-26-30(9-4-6-20-50)36(12-5-7-21-51)42(43(37)45)38-28-35(17-18-40(38)63-45)61-34-11-8-10-32(27-34)49(56)57/h3,8,10-11,13-18,26-28,30,36,41-43,50-52H,1,4-7,9,12,19-25,29H2,2H3/t30-,36+,41-,42+,43+,45+/m0/s1. The summed E-state index contributed by atoms with van der Waals surface area (Å²) in [7, 11) is 1.43. The van der Waals surface area contributed by atoms with Crippen LogP contribution in [0.1, 0.15) is 56.4 Å². The molecule has 0 spiro atoms. The highest BCUT2D eigenvalue weighted by Gasteiger charge is 2.65. The van der Waals surface area contributed by atoms with Gasteiger partial charge in [0.05, 0.1) is 54.0 Å². The maximum absolute atomic E-state index is 14.6. The molecule has 6 atom stereocenters. The average molecular weight is 875 g/mol. The third-order valence-electron chi connectivity index (χ3n) is 11.7. The lowest BCUT2D eigenvalue weighted by atomic mass is 9.55. The lowest BCUT2D eigenvalue weighted by molar-refractivity contribution is -0.385. The van der Waals surface area contributed by atoms with Gasteiger partial charge in [0, 0.05) is 55.9 Å². The molecule has 18 nitrogen and oxygen atoms in total. The molecule has 0 saturated heterocycles. The van der Waals surface area contributed by atoms with Crippen molar-refractivity contribution in [2.24, 2.45) is 22.9 Å². The molecule has 3 aromatic carbocycles. The van der Waals surface area contributed by atoms with E-state index in [9.17, 15) is 40.3 Å². The maximum atomic E-state index is 14.6. The first kappa shape index (κ1) is 46.6. The van der Waals surface area contributed by atoms with Gasteiger partial charge in [0.25, 0.3) is 11.4 Å². The highest BCUT2D eigenvalue weighted by molar-refractivity contribution is 6.03. The van der Waals surface area contributed by atoms with Gasteiger partial charge in [-0.15, -0.1) is 6.58 Å². The molecule has 3 aliphatic rings. The Hall–Kier alpha value is -5.92. The first-order valence-corrected chi connectivity index (χ1v) is 21.0. The molecule has 3 N–H and O–H groups in total. The first-order valence-electron chi connectivity index (χ1n) is 21.0. The number of allylic oxidation sites excluding steroid dienone is 1. The van der Waals surface area contributed by atoms with E-state index < -0.39 is 39.6 Å². The van der Waals surface area contributed by atoms with Crippen LogP contribution in [0.15, 0.2) is 96.2 Å². The summed E-state index contributed by atoms with van der Waals surface area (Å²) in [6.07, 6.45) is 6.94. The first-order chi connectivity index (χ1) is 30.6. The van der Waals surface area contributed by atoms with Gasteiger partial charge in [-0.05, 0) is 79.5 Å². The Balaban J connectivity index is 1.55. The number of nitro groups is 2.